The lowest BCUT2D eigenvalue weighted by Crippen LogP contribution is -2.71. The number of ether oxygens (including phenoxy) is 2. The van der Waals surface area contributed by atoms with Crippen LogP contribution in [0.3, 0.4) is 0 Å². The lowest BCUT2D eigenvalue weighted by Gasteiger charge is -2.49. The van der Waals surface area contributed by atoms with Crippen molar-refractivity contribution < 1.29 is 33.5 Å². The van der Waals surface area contributed by atoms with E-state index in [1.165, 1.54) is 44.3 Å². The zero-order valence-electron chi connectivity index (χ0n) is 48.1. The predicted molar refractivity (Wildman–Crippen MR) is 349 cm³/mol. The standard InChI is InChI=1S/C69H54N10O7S4/c1-43-40-52(79-68(72-43)75-61(76-79)66(83)85-59(46-28-13-4-14-29-46)47-30-15-5-16-31-47)88-41-48-42-89-64-56(63(81)78(64)57(48)65(82)84-58(44-24-9-2-10-25-44)45-26-11-3-12-27-45)73-62(80)55(77-86-53(87)38-23-39-70)54-60(71)90-67(74-54)69(49-32-17-6-18-33-49,50-34-19-7-20-35-50)51-36-21-8-22-37-51/h2-22,24-37,40,56,58-59,64H,23,38,41-42,71H2,1H3,(H,73,80)/b77-55-/t56-,64-/m1/s1. The first kappa shape index (κ1) is 60.2. The summed E-state index contributed by atoms with van der Waals surface area (Å²) >= 11 is 9.26. The summed E-state index contributed by atoms with van der Waals surface area (Å²) in [5, 5.41) is 21.5. The highest BCUT2D eigenvalue weighted by molar-refractivity contribution is 8.01. The Labute approximate surface area is 535 Å². The number of rotatable bonds is 21. The molecule has 12 rings (SSSR count). The predicted octanol–water partition coefficient (Wildman–Crippen LogP) is 11.9. The monoisotopic (exact) mass is 1260 g/mol. The van der Waals surface area contributed by atoms with Crippen molar-refractivity contribution in [3.05, 3.63) is 291 Å². The van der Waals surface area contributed by atoms with Gasteiger partial charge in [0.15, 0.2) is 23.0 Å². The molecule has 1 fully saturated rings. The molecule has 3 aromatic heterocycles. The summed E-state index contributed by atoms with van der Waals surface area (Å²) < 4.78 is 14.1. The number of thiocarbonyl (C=S) groups is 1. The molecule has 0 bridgehead atoms. The van der Waals surface area contributed by atoms with Crippen LogP contribution in [-0.4, -0.2) is 86.9 Å². The van der Waals surface area contributed by atoms with Crippen LogP contribution in [0.2, 0.25) is 0 Å². The lowest BCUT2D eigenvalue weighted by molar-refractivity contribution is -0.154. The Balaban J connectivity index is 0.876. The van der Waals surface area contributed by atoms with Crippen LogP contribution < -0.4 is 11.1 Å². The molecule has 21 heteroatoms. The number of thioether (sulfide) groups is 2. The highest BCUT2D eigenvalue weighted by Crippen LogP contribution is 2.48. The zero-order chi connectivity index (χ0) is 62.1. The SMILES string of the molecule is Cc1cc(SCC2=C(C(=O)OC(c3ccccc3)c3ccccc3)N3C(=O)[C@@H](NC(=O)/C(=N\OC(=S)CCC#N)c4nc(C(c5ccccc5)(c5ccccc5)c5ccccc5)sc4N)[C@H]3SC2)n2nc(C(=O)OC(c3ccccc3)c3ccccc3)nc2n1. The van der Waals surface area contributed by atoms with Gasteiger partial charge in [-0.1, -0.05) is 229 Å². The van der Waals surface area contributed by atoms with Gasteiger partial charge in [0.25, 0.3) is 23.4 Å². The number of hydrogen-bond acceptors (Lipinski definition) is 18. The van der Waals surface area contributed by atoms with E-state index in [0.717, 1.165) is 27.8 Å². The number of amides is 2. The molecule has 3 N–H and O–H groups in total. The number of nitriles is 1. The molecule has 0 spiro atoms. The molecule has 7 aromatic carbocycles. The van der Waals surface area contributed by atoms with Crippen molar-refractivity contribution in [3.63, 3.8) is 0 Å². The van der Waals surface area contributed by atoms with Crippen molar-refractivity contribution in [2.24, 2.45) is 5.16 Å². The second kappa shape index (κ2) is 27.1. The van der Waals surface area contributed by atoms with Crippen LogP contribution in [0.15, 0.2) is 240 Å². The number of nitrogens with one attached hydrogen (secondary N) is 1. The Morgan fingerprint density at radius 1 is 0.733 bits per heavy atom. The maximum Gasteiger partial charge on any atom is 0.379 e. The molecule has 0 aliphatic carbocycles. The van der Waals surface area contributed by atoms with Gasteiger partial charge in [-0.25, -0.2) is 19.6 Å². The Hall–Kier alpha value is -10.1. The number of hydrogen-bond donors (Lipinski definition) is 2. The van der Waals surface area contributed by atoms with Gasteiger partial charge in [-0.2, -0.15) is 14.8 Å². The van der Waals surface area contributed by atoms with Crippen LogP contribution in [0.5, 0.6) is 0 Å². The number of benzene rings is 7. The number of carbonyl (C=O) groups is 4. The summed E-state index contributed by atoms with van der Waals surface area (Å²) in [5.41, 5.74) is 12.2. The molecule has 5 heterocycles. The Bertz CT molecular complexity index is 4210. The number of aryl methyl sites for hydroxylation is 1. The third kappa shape index (κ3) is 12.4. The minimum atomic E-state index is -1.20. The number of aromatic nitrogens is 5. The fourth-order valence-electron chi connectivity index (χ4n) is 10.9. The van der Waals surface area contributed by atoms with Crippen molar-refractivity contribution in [1.82, 2.24) is 34.8 Å². The van der Waals surface area contributed by atoms with Gasteiger partial charge in [0.2, 0.25) is 0 Å². The third-order valence-corrected chi connectivity index (χ3v) is 18.8. The minimum absolute atomic E-state index is 0.00360. The van der Waals surface area contributed by atoms with E-state index < -0.39 is 52.8 Å². The van der Waals surface area contributed by atoms with Gasteiger partial charge < -0.3 is 25.4 Å². The highest BCUT2D eigenvalue weighted by atomic mass is 32.2. The van der Waals surface area contributed by atoms with Crippen LogP contribution in [0.4, 0.5) is 5.00 Å². The molecule has 2 aliphatic heterocycles. The summed E-state index contributed by atoms with van der Waals surface area (Å²) in [6, 6.07) is 69.5. The fourth-order valence-corrected chi connectivity index (χ4v) is 14.6. The Kier molecular flexibility index (Phi) is 18.1. The van der Waals surface area contributed by atoms with Gasteiger partial charge in [-0.3, -0.25) is 14.5 Å². The van der Waals surface area contributed by atoms with E-state index in [1.807, 2.05) is 218 Å². The van der Waals surface area contributed by atoms with Crippen LogP contribution in [0, 0.1) is 18.3 Å². The average molecular weight is 1260 g/mol. The van der Waals surface area contributed by atoms with E-state index in [9.17, 15) is 10.1 Å². The quantitative estimate of drug-likeness (QED) is 0.00996. The molecule has 10 aromatic rings. The first-order valence-corrected chi connectivity index (χ1v) is 31.8. The molecule has 2 atom stereocenters. The number of oxime groups is 1. The van der Waals surface area contributed by atoms with E-state index in [-0.39, 0.29) is 63.1 Å². The normalized spacial score (nSPS) is 14.8. The van der Waals surface area contributed by atoms with E-state index in [2.05, 4.69) is 25.5 Å². The maximum absolute atomic E-state index is 15.3. The van der Waals surface area contributed by atoms with Crippen molar-refractivity contribution in [3.8, 4) is 6.07 Å². The van der Waals surface area contributed by atoms with Crippen LogP contribution in [0.1, 0.15) is 91.0 Å². The molecule has 0 radical (unpaired) electrons. The number of nitrogens with zero attached hydrogens (tertiary/aromatic N) is 8. The summed E-state index contributed by atoms with van der Waals surface area (Å²) in [5.74, 6) is -2.73. The van der Waals surface area contributed by atoms with Crippen LogP contribution >= 0.6 is 47.1 Å². The number of esters is 2. The maximum atomic E-state index is 15.3. The third-order valence-electron chi connectivity index (χ3n) is 15.1. The van der Waals surface area contributed by atoms with E-state index >= 15 is 14.4 Å². The molecule has 0 saturated carbocycles. The second-order valence-electron chi connectivity index (χ2n) is 20.8. The first-order valence-electron chi connectivity index (χ1n) is 28.5. The number of carbonyl (C=O) groups excluding carboxylic acids is 4. The summed E-state index contributed by atoms with van der Waals surface area (Å²) in [6.07, 6.45) is -1.55. The van der Waals surface area contributed by atoms with E-state index in [1.54, 1.807) is 13.0 Å². The topological polar surface area (TPSA) is 229 Å². The largest absolute Gasteiger partial charge is 0.448 e. The van der Waals surface area contributed by atoms with Gasteiger partial charge in [-0.15, -0.1) is 28.6 Å². The molecular formula is C69H54N10O7S4. The molecule has 1 saturated heterocycles. The number of nitrogen functional groups attached to an aromatic ring is 1. The van der Waals surface area contributed by atoms with Crippen LogP contribution in [0.25, 0.3) is 5.78 Å². The van der Waals surface area contributed by atoms with Crippen LogP contribution in [-0.2, 0) is 34.1 Å². The van der Waals surface area contributed by atoms with Crippen molar-refractivity contribution >= 4 is 92.4 Å². The second-order valence-corrected chi connectivity index (χ2v) is 24.4. The van der Waals surface area contributed by atoms with Gasteiger partial charge in [0.05, 0.1) is 11.5 Å². The number of fused-ring (bicyclic) bond motifs is 2. The van der Waals surface area contributed by atoms with Gasteiger partial charge in [0, 0.05) is 30.0 Å². The molecule has 0 unspecified atom stereocenters. The van der Waals surface area contributed by atoms with Crippen molar-refractivity contribution in [2.75, 3.05) is 17.2 Å². The van der Waals surface area contributed by atoms with E-state index in [0.29, 0.717) is 32.4 Å². The van der Waals surface area contributed by atoms with E-state index in [4.69, 9.17) is 37.2 Å². The number of β-lactam (4-membered cyclic amide) rings is 1. The summed E-state index contributed by atoms with van der Waals surface area (Å²) in [7, 11) is 0. The summed E-state index contributed by atoms with van der Waals surface area (Å²) in [4.78, 5) is 80.9. The smallest absolute Gasteiger partial charge is 0.379 e. The zero-order valence-corrected chi connectivity index (χ0v) is 51.3. The Morgan fingerprint density at radius 3 is 1.72 bits per heavy atom. The van der Waals surface area contributed by atoms with Crippen molar-refractivity contribution in [2.45, 2.75) is 53.8 Å². The number of thiazole rings is 1. The average Bonchev–Trinajstić information content (AvgIpc) is 1.02. The van der Waals surface area contributed by atoms with Gasteiger partial charge in [-0.05, 0) is 69.7 Å². The number of nitrogens with two attached hydrogens (primary N) is 1. The molecule has 17 nitrogen and oxygen atoms in total. The minimum Gasteiger partial charge on any atom is -0.448 e. The van der Waals surface area contributed by atoms with Gasteiger partial charge in [0.1, 0.15) is 37.8 Å². The molecular weight excluding hydrogens is 1210 g/mol. The fraction of sp³-hybridized carbons (Fsp3) is 0.145. The van der Waals surface area contributed by atoms with Crippen molar-refractivity contribution in [1.29, 1.82) is 5.26 Å². The highest BCUT2D eigenvalue weighted by Gasteiger charge is 2.55. The molecule has 2 aliphatic rings. The van der Waals surface area contributed by atoms with Gasteiger partial charge >= 0.3 is 11.9 Å². The molecule has 90 heavy (non-hydrogen) atoms. The first-order chi connectivity index (χ1) is 44.0. The molecule has 446 valence electrons. The molecule has 2 amide bonds. The lowest BCUT2D eigenvalue weighted by atomic mass is 9.70. The Morgan fingerprint density at radius 2 is 1.22 bits per heavy atom. The number of anilines is 1. The summed E-state index contributed by atoms with van der Waals surface area (Å²) in [6.45, 7) is 1.79.